The fraction of sp³-hybridized carbons (Fsp3) is 0.538. The summed E-state index contributed by atoms with van der Waals surface area (Å²) >= 11 is 9.12. The van der Waals surface area contributed by atoms with Crippen LogP contribution in [0.3, 0.4) is 0 Å². The number of hydrogen-bond acceptors (Lipinski definition) is 2. The van der Waals surface area contributed by atoms with Crippen molar-refractivity contribution in [3.8, 4) is 0 Å². The van der Waals surface area contributed by atoms with Gasteiger partial charge in [0.05, 0.1) is 4.90 Å². The zero-order valence-corrected chi connectivity index (χ0v) is 13.7. The summed E-state index contributed by atoms with van der Waals surface area (Å²) in [4.78, 5) is 0.344. The molecule has 1 aromatic rings. The normalized spacial score (nSPS) is 21.5. The molecule has 0 bridgehead atoms. The first kappa shape index (κ1) is 15.3. The van der Waals surface area contributed by atoms with E-state index in [0.717, 1.165) is 19.3 Å². The second-order valence-corrected chi connectivity index (χ2v) is 7.76. The minimum absolute atomic E-state index is 0.0309. The molecule has 0 N–H and O–H groups in total. The minimum atomic E-state index is -3.44. The second-order valence-electron chi connectivity index (χ2n) is 4.67. The average molecular weight is 367 g/mol. The summed E-state index contributed by atoms with van der Waals surface area (Å²) in [6, 6.07) is 7.00. The molecule has 0 radical (unpaired) electrons. The standard InChI is InChI=1S/C13H17BrClNO2S/c14-12-6-1-2-7-13(12)19(17,18)16-10-4-3-5-11(16)8-9-15/h1-2,6-7,11H,3-5,8-10H2. The lowest BCUT2D eigenvalue weighted by atomic mass is 10.0. The second kappa shape index (κ2) is 6.57. The van der Waals surface area contributed by atoms with Gasteiger partial charge in [-0.2, -0.15) is 4.31 Å². The summed E-state index contributed by atoms with van der Waals surface area (Å²) in [6.07, 6.45) is 3.60. The Kier molecular flexibility index (Phi) is 5.29. The van der Waals surface area contributed by atoms with E-state index >= 15 is 0 Å². The van der Waals surface area contributed by atoms with E-state index in [9.17, 15) is 8.42 Å². The van der Waals surface area contributed by atoms with E-state index in [1.807, 2.05) is 6.07 Å². The highest BCUT2D eigenvalue weighted by Gasteiger charge is 2.33. The van der Waals surface area contributed by atoms with Crippen molar-refractivity contribution in [2.24, 2.45) is 0 Å². The number of piperidine rings is 1. The minimum Gasteiger partial charge on any atom is -0.207 e. The maximum atomic E-state index is 12.7. The Hall–Kier alpha value is -0.100. The molecule has 3 nitrogen and oxygen atoms in total. The van der Waals surface area contributed by atoms with Crippen LogP contribution in [0.15, 0.2) is 33.6 Å². The highest BCUT2D eigenvalue weighted by molar-refractivity contribution is 9.10. The topological polar surface area (TPSA) is 37.4 Å². The molecule has 1 aromatic carbocycles. The van der Waals surface area contributed by atoms with E-state index in [0.29, 0.717) is 28.2 Å². The van der Waals surface area contributed by atoms with E-state index < -0.39 is 10.0 Å². The van der Waals surface area contributed by atoms with Gasteiger partial charge >= 0.3 is 0 Å². The zero-order chi connectivity index (χ0) is 13.9. The Morgan fingerprint density at radius 2 is 2.05 bits per heavy atom. The van der Waals surface area contributed by atoms with Crippen molar-refractivity contribution >= 4 is 37.6 Å². The quantitative estimate of drug-likeness (QED) is 0.763. The molecular formula is C13H17BrClNO2S. The summed E-state index contributed by atoms with van der Waals surface area (Å²) in [5.41, 5.74) is 0. The smallest absolute Gasteiger partial charge is 0.207 e. The van der Waals surface area contributed by atoms with Crippen molar-refractivity contribution in [2.45, 2.75) is 36.6 Å². The number of halogens is 2. The van der Waals surface area contributed by atoms with Crippen LogP contribution in [0.25, 0.3) is 0 Å². The van der Waals surface area contributed by atoms with Gasteiger partial charge in [-0.15, -0.1) is 11.6 Å². The van der Waals surface area contributed by atoms with E-state index in [4.69, 9.17) is 11.6 Å². The molecule has 106 valence electrons. The highest BCUT2D eigenvalue weighted by Crippen LogP contribution is 2.30. The van der Waals surface area contributed by atoms with Crippen molar-refractivity contribution in [1.82, 2.24) is 4.31 Å². The zero-order valence-electron chi connectivity index (χ0n) is 10.6. The Labute approximate surface area is 128 Å². The predicted octanol–water partition coefficient (Wildman–Crippen LogP) is 3.62. The van der Waals surface area contributed by atoms with Crippen molar-refractivity contribution < 1.29 is 8.42 Å². The van der Waals surface area contributed by atoms with E-state index in [1.165, 1.54) is 0 Å². The first-order valence-corrected chi connectivity index (χ1v) is 9.16. The average Bonchev–Trinajstić information content (AvgIpc) is 2.40. The maximum absolute atomic E-state index is 12.7. The summed E-state index contributed by atoms with van der Waals surface area (Å²) in [7, 11) is -3.44. The molecule has 0 aliphatic carbocycles. The molecule has 0 spiro atoms. The molecule has 2 rings (SSSR count). The molecule has 19 heavy (non-hydrogen) atoms. The Morgan fingerprint density at radius 3 is 2.74 bits per heavy atom. The molecular weight excluding hydrogens is 350 g/mol. The highest BCUT2D eigenvalue weighted by atomic mass is 79.9. The Balaban J connectivity index is 2.35. The van der Waals surface area contributed by atoms with Gasteiger partial charge in [0.25, 0.3) is 0 Å². The predicted molar refractivity (Wildman–Crippen MR) is 81.0 cm³/mol. The summed E-state index contributed by atoms with van der Waals surface area (Å²) < 4.78 is 27.7. The number of alkyl halides is 1. The lowest BCUT2D eigenvalue weighted by molar-refractivity contribution is 0.247. The van der Waals surface area contributed by atoms with Gasteiger partial charge in [0.15, 0.2) is 0 Å². The summed E-state index contributed by atoms with van der Waals surface area (Å²) in [6.45, 7) is 0.589. The van der Waals surface area contributed by atoms with Crippen LogP contribution in [-0.4, -0.2) is 31.2 Å². The van der Waals surface area contributed by atoms with Gasteiger partial charge in [-0.05, 0) is 47.3 Å². The molecule has 1 saturated heterocycles. The lowest BCUT2D eigenvalue weighted by Crippen LogP contribution is -2.43. The molecule has 1 heterocycles. The molecule has 1 unspecified atom stereocenters. The number of nitrogens with zero attached hydrogens (tertiary/aromatic N) is 1. The van der Waals surface area contributed by atoms with Gasteiger partial charge in [-0.1, -0.05) is 18.6 Å². The van der Waals surface area contributed by atoms with Crippen molar-refractivity contribution in [3.63, 3.8) is 0 Å². The molecule has 1 aliphatic rings. The third-order valence-electron chi connectivity index (χ3n) is 3.44. The fourth-order valence-electron chi connectivity index (χ4n) is 2.49. The number of benzene rings is 1. The van der Waals surface area contributed by atoms with E-state index in [-0.39, 0.29) is 6.04 Å². The van der Waals surface area contributed by atoms with Gasteiger partial charge in [0.2, 0.25) is 10.0 Å². The van der Waals surface area contributed by atoms with Gasteiger partial charge in [-0.3, -0.25) is 0 Å². The molecule has 0 amide bonds. The Bertz CT molecular complexity index is 533. The first-order chi connectivity index (χ1) is 9.07. The lowest BCUT2D eigenvalue weighted by Gasteiger charge is -2.34. The number of sulfonamides is 1. The molecule has 1 fully saturated rings. The number of hydrogen-bond donors (Lipinski definition) is 0. The third-order valence-corrected chi connectivity index (χ3v) is 6.62. The van der Waals surface area contributed by atoms with E-state index in [2.05, 4.69) is 15.9 Å². The SMILES string of the molecule is O=S(=O)(c1ccccc1Br)N1CCCCC1CCCl. The van der Waals surface area contributed by atoms with Crippen LogP contribution in [0.4, 0.5) is 0 Å². The van der Waals surface area contributed by atoms with Crippen LogP contribution in [-0.2, 0) is 10.0 Å². The summed E-state index contributed by atoms with van der Waals surface area (Å²) in [5.74, 6) is 0.493. The Morgan fingerprint density at radius 1 is 1.32 bits per heavy atom. The van der Waals surface area contributed by atoms with Crippen LogP contribution >= 0.6 is 27.5 Å². The fourth-order valence-corrected chi connectivity index (χ4v) is 5.43. The van der Waals surface area contributed by atoms with Crippen molar-refractivity contribution in [1.29, 1.82) is 0 Å². The molecule has 0 saturated carbocycles. The van der Waals surface area contributed by atoms with E-state index in [1.54, 1.807) is 22.5 Å². The van der Waals surface area contributed by atoms with Crippen LogP contribution in [0.5, 0.6) is 0 Å². The monoisotopic (exact) mass is 365 g/mol. The first-order valence-electron chi connectivity index (χ1n) is 6.39. The maximum Gasteiger partial charge on any atom is 0.244 e. The van der Waals surface area contributed by atoms with Crippen LogP contribution in [0, 0.1) is 0 Å². The largest absolute Gasteiger partial charge is 0.244 e. The van der Waals surface area contributed by atoms with Crippen molar-refractivity contribution in [2.75, 3.05) is 12.4 Å². The van der Waals surface area contributed by atoms with Gasteiger partial charge < -0.3 is 0 Å². The van der Waals surface area contributed by atoms with Crippen LogP contribution in [0.2, 0.25) is 0 Å². The number of rotatable bonds is 4. The van der Waals surface area contributed by atoms with Gasteiger partial charge in [0.1, 0.15) is 0 Å². The summed E-state index contributed by atoms with van der Waals surface area (Å²) in [5, 5.41) is 0. The van der Waals surface area contributed by atoms with Crippen molar-refractivity contribution in [3.05, 3.63) is 28.7 Å². The van der Waals surface area contributed by atoms with Gasteiger partial charge in [-0.25, -0.2) is 8.42 Å². The van der Waals surface area contributed by atoms with Crippen LogP contribution in [0.1, 0.15) is 25.7 Å². The molecule has 6 heteroatoms. The third kappa shape index (κ3) is 3.32. The van der Waals surface area contributed by atoms with Crippen LogP contribution < -0.4 is 0 Å². The molecule has 1 atom stereocenters. The molecule has 0 aromatic heterocycles. The molecule has 1 aliphatic heterocycles. The van der Waals surface area contributed by atoms with Gasteiger partial charge in [0, 0.05) is 22.9 Å².